The molecule has 1 N–H and O–H groups in total. The van der Waals surface area contributed by atoms with E-state index >= 15 is 0 Å². The van der Waals surface area contributed by atoms with Crippen molar-refractivity contribution in [2.45, 2.75) is 19.3 Å². The highest BCUT2D eigenvalue weighted by atomic mass is 32.2. The first-order valence-corrected chi connectivity index (χ1v) is 9.41. The van der Waals surface area contributed by atoms with Gasteiger partial charge >= 0.3 is 0 Å². The molecule has 2 rings (SSSR count). The van der Waals surface area contributed by atoms with Crippen LogP contribution < -0.4 is 10.2 Å². The lowest BCUT2D eigenvalue weighted by Gasteiger charge is -2.13. The summed E-state index contributed by atoms with van der Waals surface area (Å²) in [6.07, 6.45) is 1.79. The smallest absolute Gasteiger partial charge is 0.220 e. The van der Waals surface area contributed by atoms with Gasteiger partial charge in [-0.05, 0) is 36.5 Å². The molecule has 1 atom stereocenters. The van der Waals surface area contributed by atoms with Crippen molar-refractivity contribution in [2.24, 2.45) is 5.92 Å². The van der Waals surface area contributed by atoms with Gasteiger partial charge in [-0.2, -0.15) is 0 Å². The molecule has 1 aliphatic rings. The topological polar surface area (TPSA) is 66.5 Å². The highest BCUT2D eigenvalue weighted by molar-refractivity contribution is 7.91. The first-order valence-electron chi connectivity index (χ1n) is 7.59. The molecule has 0 spiro atoms. The Morgan fingerprint density at radius 2 is 1.95 bits per heavy atom. The number of hydrogen-bond acceptors (Lipinski definition) is 4. The van der Waals surface area contributed by atoms with E-state index in [0.29, 0.717) is 25.8 Å². The average molecular weight is 324 g/mol. The van der Waals surface area contributed by atoms with E-state index in [9.17, 15) is 13.2 Å². The molecule has 0 bridgehead atoms. The van der Waals surface area contributed by atoms with Gasteiger partial charge in [-0.1, -0.05) is 12.1 Å². The van der Waals surface area contributed by atoms with Gasteiger partial charge in [0, 0.05) is 32.7 Å². The summed E-state index contributed by atoms with van der Waals surface area (Å²) in [5, 5.41) is 2.85. The third-order valence-corrected chi connectivity index (χ3v) is 5.85. The number of carbonyl (C=O) groups is 1. The van der Waals surface area contributed by atoms with E-state index in [1.54, 1.807) is 0 Å². The van der Waals surface area contributed by atoms with Crippen LogP contribution in [0, 0.1) is 5.92 Å². The molecule has 6 heteroatoms. The molecule has 1 saturated heterocycles. The molecule has 1 aliphatic heterocycles. The summed E-state index contributed by atoms with van der Waals surface area (Å²) in [4.78, 5) is 13.9. The Morgan fingerprint density at radius 3 is 2.50 bits per heavy atom. The van der Waals surface area contributed by atoms with E-state index in [0.717, 1.165) is 11.3 Å². The molecular weight excluding hydrogens is 300 g/mol. The number of carbonyl (C=O) groups excluding carboxylic acids is 1. The normalized spacial score (nSPS) is 19.8. The average Bonchev–Trinajstić information content (AvgIpc) is 2.82. The fourth-order valence-corrected chi connectivity index (χ4v) is 4.46. The number of anilines is 1. The van der Waals surface area contributed by atoms with Crippen molar-refractivity contribution in [3.8, 4) is 0 Å². The van der Waals surface area contributed by atoms with Gasteiger partial charge in [0.15, 0.2) is 9.84 Å². The SMILES string of the molecule is CN(C)c1ccc(CCC(=O)NCC2CCS(=O)(=O)C2)cc1. The van der Waals surface area contributed by atoms with Crippen molar-refractivity contribution in [3.63, 3.8) is 0 Å². The molecule has 0 aliphatic carbocycles. The molecule has 1 amide bonds. The van der Waals surface area contributed by atoms with Crippen LogP contribution in [0.15, 0.2) is 24.3 Å². The van der Waals surface area contributed by atoms with Gasteiger partial charge < -0.3 is 10.2 Å². The molecule has 0 radical (unpaired) electrons. The number of benzene rings is 1. The van der Waals surface area contributed by atoms with Crippen LogP contribution in [-0.2, 0) is 21.1 Å². The van der Waals surface area contributed by atoms with Crippen molar-refractivity contribution < 1.29 is 13.2 Å². The summed E-state index contributed by atoms with van der Waals surface area (Å²) in [6.45, 7) is 0.470. The van der Waals surface area contributed by atoms with Crippen molar-refractivity contribution in [1.82, 2.24) is 5.32 Å². The van der Waals surface area contributed by atoms with Crippen LogP contribution in [0.25, 0.3) is 0 Å². The minimum atomic E-state index is -2.87. The summed E-state index contributed by atoms with van der Waals surface area (Å²) in [6, 6.07) is 8.14. The Bertz CT molecular complexity index is 609. The van der Waals surface area contributed by atoms with Gasteiger partial charge in [-0.3, -0.25) is 4.79 Å². The zero-order valence-corrected chi connectivity index (χ0v) is 14.0. The number of rotatable bonds is 6. The molecule has 122 valence electrons. The Morgan fingerprint density at radius 1 is 1.27 bits per heavy atom. The second-order valence-electron chi connectivity index (χ2n) is 6.13. The van der Waals surface area contributed by atoms with Crippen molar-refractivity contribution in [1.29, 1.82) is 0 Å². The molecule has 0 saturated carbocycles. The lowest BCUT2D eigenvalue weighted by Crippen LogP contribution is -2.29. The minimum absolute atomic E-state index is 0.0130. The summed E-state index contributed by atoms with van der Waals surface area (Å²) in [5.74, 6) is 0.528. The molecule has 1 unspecified atom stereocenters. The number of sulfone groups is 1. The lowest BCUT2D eigenvalue weighted by atomic mass is 10.1. The molecule has 22 heavy (non-hydrogen) atoms. The van der Waals surface area contributed by atoms with Crippen molar-refractivity contribution in [3.05, 3.63) is 29.8 Å². The number of aryl methyl sites for hydroxylation is 1. The summed E-state index contributed by atoms with van der Waals surface area (Å²) in [7, 11) is 1.12. The van der Waals surface area contributed by atoms with Crippen molar-refractivity contribution in [2.75, 3.05) is 37.0 Å². The molecular formula is C16H24N2O3S. The maximum absolute atomic E-state index is 11.8. The molecule has 1 fully saturated rings. The molecule has 1 aromatic rings. The predicted octanol–water partition coefficient (Wildman–Crippen LogP) is 1.24. The van der Waals surface area contributed by atoms with Gasteiger partial charge in [-0.15, -0.1) is 0 Å². The maximum atomic E-state index is 11.8. The number of nitrogens with zero attached hydrogens (tertiary/aromatic N) is 1. The largest absolute Gasteiger partial charge is 0.378 e. The Hall–Kier alpha value is -1.56. The van der Waals surface area contributed by atoms with Gasteiger partial charge in [0.25, 0.3) is 0 Å². The van der Waals surface area contributed by atoms with Crippen LogP contribution in [0.1, 0.15) is 18.4 Å². The lowest BCUT2D eigenvalue weighted by molar-refractivity contribution is -0.121. The molecule has 0 aromatic heterocycles. The highest BCUT2D eigenvalue weighted by Gasteiger charge is 2.27. The van der Waals surface area contributed by atoms with E-state index in [1.165, 1.54) is 0 Å². The van der Waals surface area contributed by atoms with Gasteiger partial charge in [-0.25, -0.2) is 8.42 Å². The molecule has 1 heterocycles. The second kappa shape index (κ2) is 7.13. The number of hydrogen-bond donors (Lipinski definition) is 1. The third kappa shape index (κ3) is 5.02. The summed E-state index contributed by atoms with van der Waals surface area (Å²) >= 11 is 0. The van der Waals surface area contributed by atoms with Crippen LogP contribution in [0.4, 0.5) is 5.69 Å². The highest BCUT2D eigenvalue weighted by Crippen LogP contribution is 2.17. The minimum Gasteiger partial charge on any atom is -0.378 e. The van der Waals surface area contributed by atoms with E-state index < -0.39 is 9.84 Å². The molecule has 1 aromatic carbocycles. The summed E-state index contributed by atoms with van der Waals surface area (Å²) in [5.41, 5.74) is 2.26. The first kappa shape index (κ1) is 16.8. The van der Waals surface area contributed by atoms with Crippen molar-refractivity contribution >= 4 is 21.4 Å². The standard InChI is InChI=1S/C16H24N2O3S/c1-18(2)15-6-3-13(4-7-15)5-8-16(19)17-11-14-9-10-22(20,21)12-14/h3-4,6-7,14H,5,8-12H2,1-2H3,(H,17,19). The third-order valence-electron chi connectivity index (χ3n) is 4.01. The van der Waals surface area contributed by atoms with Gasteiger partial charge in [0.05, 0.1) is 11.5 Å². The Labute approximate surface area is 132 Å². The van der Waals surface area contributed by atoms with Crippen LogP contribution in [-0.4, -0.2) is 46.5 Å². The van der Waals surface area contributed by atoms with Gasteiger partial charge in [0.2, 0.25) is 5.91 Å². The first-order chi connectivity index (χ1) is 10.4. The summed E-state index contributed by atoms with van der Waals surface area (Å²) < 4.78 is 22.7. The van der Waals surface area contributed by atoms with Crippen LogP contribution >= 0.6 is 0 Å². The zero-order chi connectivity index (χ0) is 16.2. The van der Waals surface area contributed by atoms with E-state index in [4.69, 9.17) is 0 Å². The number of amides is 1. The molecule has 5 nitrogen and oxygen atoms in total. The monoisotopic (exact) mass is 324 g/mol. The quantitative estimate of drug-likeness (QED) is 0.855. The Kier molecular flexibility index (Phi) is 5.45. The fourth-order valence-electron chi connectivity index (χ4n) is 2.60. The van der Waals surface area contributed by atoms with Gasteiger partial charge in [0.1, 0.15) is 0 Å². The fraction of sp³-hybridized carbons (Fsp3) is 0.562. The number of nitrogens with one attached hydrogen (secondary N) is 1. The van der Waals surface area contributed by atoms with Crippen LogP contribution in [0.2, 0.25) is 0 Å². The maximum Gasteiger partial charge on any atom is 0.220 e. The zero-order valence-electron chi connectivity index (χ0n) is 13.2. The predicted molar refractivity (Wildman–Crippen MR) is 88.9 cm³/mol. The second-order valence-corrected chi connectivity index (χ2v) is 8.36. The van der Waals surface area contributed by atoms with Crippen LogP contribution in [0.5, 0.6) is 0 Å². The van der Waals surface area contributed by atoms with Crippen LogP contribution in [0.3, 0.4) is 0 Å². The Balaban J connectivity index is 1.71. The van der Waals surface area contributed by atoms with E-state index in [-0.39, 0.29) is 23.3 Å². The van der Waals surface area contributed by atoms with E-state index in [1.807, 2.05) is 43.3 Å². The van der Waals surface area contributed by atoms with E-state index in [2.05, 4.69) is 5.32 Å².